The quantitative estimate of drug-likeness (QED) is 0.582. The minimum atomic E-state index is -0.236. The van der Waals surface area contributed by atoms with E-state index in [1.54, 1.807) is 30.3 Å². The topological polar surface area (TPSA) is 60.2 Å². The van der Waals surface area contributed by atoms with Gasteiger partial charge in [-0.3, -0.25) is 9.59 Å². The van der Waals surface area contributed by atoms with E-state index >= 15 is 0 Å². The van der Waals surface area contributed by atoms with Gasteiger partial charge in [0.05, 0.1) is 5.56 Å². The molecule has 1 aliphatic rings. The number of hydrogen-bond donors (Lipinski definition) is 1. The zero-order valence-corrected chi connectivity index (χ0v) is 11.9. The number of carbonyl (C=O) groups is 2. The van der Waals surface area contributed by atoms with E-state index in [4.69, 9.17) is 17.3 Å². The van der Waals surface area contributed by atoms with E-state index in [9.17, 15) is 9.59 Å². The Morgan fingerprint density at radius 2 is 1.71 bits per heavy atom. The number of halogens is 1. The molecule has 0 unspecified atom stereocenters. The Bertz CT molecular complexity index is 809. The zero-order valence-electron chi connectivity index (χ0n) is 11.2. The summed E-state index contributed by atoms with van der Waals surface area (Å²) in [6, 6.07) is 8.26. The molecule has 4 heteroatoms. The highest BCUT2D eigenvalue weighted by Crippen LogP contribution is 2.36. The van der Waals surface area contributed by atoms with Gasteiger partial charge in [-0.25, -0.2) is 0 Å². The first-order valence-corrected chi connectivity index (χ1v) is 6.84. The summed E-state index contributed by atoms with van der Waals surface area (Å²) in [6.07, 6.45) is 2.11. The Morgan fingerprint density at radius 1 is 1.10 bits per heavy atom. The van der Waals surface area contributed by atoms with Gasteiger partial charge in [-0.05, 0) is 18.1 Å². The van der Waals surface area contributed by atoms with Crippen LogP contribution in [0.15, 0.2) is 43.0 Å². The summed E-state index contributed by atoms with van der Waals surface area (Å²) < 4.78 is 0. The van der Waals surface area contributed by atoms with Crippen LogP contribution in [-0.4, -0.2) is 11.6 Å². The first-order chi connectivity index (χ1) is 10.1. The van der Waals surface area contributed by atoms with Gasteiger partial charge in [-0.1, -0.05) is 41.9 Å². The second-order valence-corrected chi connectivity index (χ2v) is 5.28. The lowest BCUT2D eigenvalue weighted by Crippen LogP contribution is -2.23. The molecule has 21 heavy (non-hydrogen) atoms. The van der Waals surface area contributed by atoms with Gasteiger partial charge < -0.3 is 5.73 Å². The van der Waals surface area contributed by atoms with Gasteiger partial charge in [0.15, 0.2) is 11.6 Å². The highest BCUT2D eigenvalue weighted by Gasteiger charge is 2.32. The molecule has 0 radical (unpaired) electrons. The van der Waals surface area contributed by atoms with Crippen molar-refractivity contribution in [3.8, 4) is 0 Å². The third-order valence-corrected chi connectivity index (χ3v) is 4.00. The molecule has 0 aromatic heterocycles. The fourth-order valence-corrected chi connectivity index (χ4v) is 2.93. The molecule has 2 N–H and O–H groups in total. The maximum atomic E-state index is 12.6. The number of fused-ring (bicyclic) bond motifs is 2. The number of anilines is 1. The normalized spacial score (nSPS) is 12.8. The van der Waals surface area contributed by atoms with Crippen molar-refractivity contribution < 1.29 is 9.59 Å². The van der Waals surface area contributed by atoms with E-state index in [0.717, 1.165) is 0 Å². The fourth-order valence-electron chi connectivity index (χ4n) is 2.65. The first-order valence-electron chi connectivity index (χ1n) is 6.46. The van der Waals surface area contributed by atoms with E-state index < -0.39 is 0 Å². The highest BCUT2D eigenvalue weighted by atomic mass is 35.5. The van der Waals surface area contributed by atoms with Gasteiger partial charge >= 0.3 is 0 Å². The molecular formula is C17H12ClNO2. The Labute approximate surface area is 127 Å². The van der Waals surface area contributed by atoms with Crippen molar-refractivity contribution in [2.45, 2.75) is 6.42 Å². The summed E-state index contributed by atoms with van der Waals surface area (Å²) in [5.41, 5.74) is 8.29. The Hall–Kier alpha value is -2.39. The van der Waals surface area contributed by atoms with E-state index in [0.29, 0.717) is 28.1 Å². The van der Waals surface area contributed by atoms with E-state index in [1.807, 2.05) is 0 Å². The molecule has 3 rings (SSSR count). The maximum absolute atomic E-state index is 12.6. The minimum Gasteiger partial charge on any atom is -0.398 e. The molecule has 2 aromatic rings. The molecule has 3 nitrogen and oxygen atoms in total. The molecule has 104 valence electrons. The van der Waals surface area contributed by atoms with Crippen molar-refractivity contribution >= 4 is 28.9 Å². The van der Waals surface area contributed by atoms with Crippen LogP contribution in [0, 0.1) is 0 Å². The van der Waals surface area contributed by atoms with E-state index in [-0.39, 0.29) is 28.4 Å². The third kappa shape index (κ3) is 1.89. The molecule has 2 aromatic carbocycles. The van der Waals surface area contributed by atoms with Gasteiger partial charge in [0.2, 0.25) is 0 Å². The average Bonchev–Trinajstić information content (AvgIpc) is 2.48. The van der Waals surface area contributed by atoms with Gasteiger partial charge in [-0.2, -0.15) is 0 Å². The largest absolute Gasteiger partial charge is 0.398 e. The summed E-state index contributed by atoms with van der Waals surface area (Å²) in [6.45, 7) is 3.65. The van der Waals surface area contributed by atoms with Gasteiger partial charge in [-0.15, -0.1) is 6.58 Å². The highest BCUT2D eigenvalue weighted by molar-refractivity contribution is 6.35. The van der Waals surface area contributed by atoms with Crippen molar-refractivity contribution in [3.63, 3.8) is 0 Å². The number of allylic oxidation sites excluding steroid dienone is 1. The maximum Gasteiger partial charge on any atom is 0.196 e. The molecule has 0 amide bonds. The summed E-state index contributed by atoms with van der Waals surface area (Å²) in [7, 11) is 0. The number of nitrogens with two attached hydrogens (primary N) is 1. The van der Waals surface area contributed by atoms with E-state index in [1.165, 1.54) is 6.07 Å². The van der Waals surface area contributed by atoms with Crippen LogP contribution < -0.4 is 5.73 Å². The van der Waals surface area contributed by atoms with Crippen LogP contribution >= 0.6 is 11.6 Å². The number of carbonyl (C=O) groups excluding carboxylic acids is 2. The molecule has 0 fully saturated rings. The Morgan fingerprint density at radius 3 is 2.33 bits per heavy atom. The molecule has 0 spiro atoms. The van der Waals surface area contributed by atoms with Crippen LogP contribution in [-0.2, 0) is 6.42 Å². The van der Waals surface area contributed by atoms with Crippen LogP contribution in [0.1, 0.15) is 37.4 Å². The minimum absolute atomic E-state index is 0.223. The van der Waals surface area contributed by atoms with Gasteiger partial charge in [0, 0.05) is 27.4 Å². The second-order valence-electron chi connectivity index (χ2n) is 4.87. The summed E-state index contributed by atoms with van der Waals surface area (Å²) >= 11 is 6.19. The van der Waals surface area contributed by atoms with Crippen molar-refractivity contribution in [3.05, 3.63) is 75.8 Å². The molecule has 0 aliphatic heterocycles. The first kappa shape index (κ1) is 13.6. The van der Waals surface area contributed by atoms with Gasteiger partial charge in [0.1, 0.15) is 0 Å². The predicted octanol–water partition coefficient (Wildman–Crippen LogP) is 3.43. The number of rotatable bonds is 2. The van der Waals surface area contributed by atoms with Crippen LogP contribution in [0.4, 0.5) is 5.69 Å². The molecule has 0 saturated carbocycles. The number of hydrogen-bond acceptors (Lipinski definition) is 3. The molecule has 0 bridgehead atoms. The lowest BCUT2D eigenvalue weighted by molar-refractivity contribution is 0.0979. The third-order valence-electron chi connectivity index (χ3n) is 3.66. The summed E-state index contributed by atoms with van der Waals surface area (Å²) in [4.78, 5) is 25.2. The van der Waals surface area contributed by atoms with Crippen LogP contribution in [0.2, 0.25) is 5.02 Å². The summed E-state index contributed by atoms with van der Waals surface area (Å²) in [5.74, 6) is -0.460. The molecule has 0 saturated heterocycles. The lowest BCUT2D eigenvalue weighted by Gasteiger charge is -2.21. The average molecular weight is 298 g/mol. The van der Waals surface area contributed by atoms with Crippen LogP contribution in [0.25, 0.3) is 0 Å². The Kier molecular flexibility index (Phi) is 3.15. The Balaban J connectivity index is 2.33. The number of ketones is 2. The van der Waals surface area contributed by atoms with Crippen molar-refractivity contribution in [2.24, 2.45) is 0 Å². The summed E-state index contributed by atoms with van der Waals surface area (Å²) in [5, 5.41) is 0.381. The van der Waals surface area contributed by atoms with Crippen LogP contribution in [0.3, 0.4) is 0 Å². The zero-order chi connectivity index (χ0) is 15.1. The molecule has 0 atom stereocenters. The van der Waals surface area contributed by atoms with Crippen molar-refractivity contribution in [1.29, 1.82) is 0 Å². The molecular weight excluding hydrogens is 286 g/mol. The molecule has 1 aliphatic carbocycles. The number of benzene rings is 2. The SMILES string of the molecule is C=CCc1c(Cl)cc2c(c1N)C(=O)c1ccccc1C2=O. The monoisotopic (exact) mass is 297 g/mol. The smallest absolute Gasteiger partial charge is 0.196 e. The number of nitrogen functional groups attached to an aromatic ring is 1. The standard InChI is InChI=1S/C17H12ClNO2/c1-2-5-11-13(18)8-12-14(15(11)19)17(21)10-7-4-3-6-9(10)16(12)20/h2-4,6-8H,1,5,19H2. The van der Waals surface area contributed by atoms with Gasteiger partial charge in [0.25, 0.3) is 0 Å². The fraction of sp³-hybridized carbons (Fsp3) is 0.0588. The van der Waals surface area contributed by atoms with Crippen molar-refractivity contribution in [2.75, 3.05) is 5.73 Å². The van der Waals surface area contributed by atoms with E-state index in [2.05, 4.69) is 6.58 Å². The molecule has 0 heterocycles. The lowest BCUT2D eigenvalue weighted by atomic mass is 9.82. The van der Waals surface area contributed by atoms with Crippen molar-refractivity contribution in [1.82, 2.24) is 0 Å². The van der Waals surface area contributed by atoms with Crippen LogP contribution in [0.5, 0.6) is 0 Å². The second kappa shape index (κ2) is 4.86. The predicted molar refractivity (Wildman–Crippen MR) is 83.1 cm³/mol.